The third kappa shape index (κ3) is 3.32. The van der Waals surface area contributed by atoms with Crippen molar-refractivity contribution in [2.24, 2.45) is 11.8 Å². The summed E-state index contributed by atoms with van der Waals surface area (Å²) >= 11 is 0. The van der Waals surface area contributed by atoms with Gasteiger partial charge in [0, 0.05) is 6.54 Å². The van der Waals surface area contributed by atoms with Crippen LogP contribution in [0.2, 0.25) is 0 Å². The van der Waals surface area contributed by atoms with Gasteiger partial charge in [0.1, 0.15) is 0 Å². The lowest BCUT2D eigenvalue weighted by Crippen LogP contribution is -2.27. The summed E-state index contributed by atoms with van der Waals surface area (Å²) in [6.07, 6.45) is 2.40. The summed E-state index contributed by atoms with van der Waals surface area (Å²) in [6.45, 7) is 3.97. The lowest BCUT2D eigenvalue weighted by atomic mass is 10.1. The van der Waals surface area contributed by atoms with Crippen LogP contribution < -0.4 is 5.32 Å². The summed E-state index contributed by atoms with van der Waals surface area (Å²) in [7, 11) is 0. The molecule has 1 fully saturated rings. The van der Waals surface area contributed by atoms with Gasteiger partial charge < -0.3 is 10.4 Å². The van der Waals surface area contributed by atoms with Gasteiger partial charge in [0.05, 0.1) is 6.10 Å². The van der Waals surface area contributed by atoms with E-state index in [2.05, 4.69) is 12.2 Å². The number of benzene rings is 1. The zero-order valence-electron chi connectivity index (χ0n) is 9.89. The Hall–Kier alpha value is -0.860. The molecular weight excluding hydrogens is 198 g/mol. The van der Waals surface area contributed by atoms with Crippen LogP contribution in [-0.2, 0) is 0 Å². The molecule has 0 aliphatic heterocycles. The first-order valence-electron chi connectivity index (χ1n) is 6.21. The van der Waals surface area contributed by atoms with E-state index in [1.165, 1.54) is 12.8 Å². The van der Waals surface area contributed by atoms with Crippen molar-refractivity contribution in [3.05, 3.63) is 35.9 Å². The highest BCUT2D eigenvalue weighted by molar-refractivity contribution is 5.17. The minimum Gasteiger partial charge on any atom is -0.387 e. The summed E-state index contributed by atoms with van der Waals surface area (Å²) in [6, 6.07) is 9.84. The third-order valence-corrected chi connectivity index (χ3v) is 3.42. The zero-order valence-corrected chi connectivity index (χ0v) is 9.89. The molecule has 2 nitrogen and oxygen atoms in total. The predicted molar refractivity (Wildman–Crippen MR) is 66.2 cm³/mol. The van der Waals surface area contributed by atoms with Crippen molar-refractivity contribution in [1.82, 2.24) is 5.32 Å². The Morgan fingerprint density at radius 3 is 2.56 bits per heavy atom. The third-order valence-electron chi connectivity index (χ3n) is 3.42. The van der Waals surface area contributed by atoms with Crippen molar-refractivity contribution < 1.29 is 5.11 Å². The monoisotopic (exact) mass is 219 g/mol. The van der Waals surface area contributed by atoms with Gasteiger partial charge in [0.25, 0.3) is 0 Å². The molecular formula is C14H21NO. The van der Waals surface area contributed by atoms with Crippen LogP contribution in [-0.4, -0.2) is 18.2 Å². The molecule has 0 radical (unpaired) electrons. The van der Waals surface area contributed by atoms with Crippen LogP contribution in [0.25, 0.3) is 0 Å². The first kappa shape index (κ1) is 11.6. The second kappa shape index (κ2) is 5.46. The van der Waals surface area contributed by atoms with E-state index >= 15 is 0 Å². The highest BCUT2D eigenvalue weighted by Crippen LogP contribution is 2.36. The molecule has 88 valence electrons. The van der Waals surface area contributed by atoms with Gasteiger partial charge in [-0.25, -0.2) is 0 Å². The van der Waals surface area contributed by atoms with Crippen molar-refractivity contribution in [2.75, 3.05) is 13.1 Å². The van der Waals surface area contributed by atoms with Crippen molar-refractivity contribution in [1.29, 1.82) is 0 Å². The molecule has 0 saturated heterocycles. The van der Waals surface area contributed by atoms with Gasteiger partial charge >= 0.3 is 0 Å². The van der Waals surface area contributed by atoms with Crippen LogP contribution in [0.4, 0.5) is 0 Å². The summed E-state index contributed by atoms with van der Waals surface area (Å²) in [5.74, 6) is 1.68. The summed E-state index contributed by atoms with van der Waals surface area (Å²) in [5, 5.41) is 13.3. The molecule has 1 aromatic carbocycles. The van der Waals surface area contributed by atoms with E-state index in [0.717, 1.165) is 23.9 Å². The molecule has 0 amide bonds. The van der Waals surface area contributed by atoms with Gasteiger partial charge in [-0.3, -0.25) is 0 Å². The van der Waals surface area contributed by atoms with Gasteiger partial charge in [0.15, 0.2) is 0 Å². The normalized spacial score (nSPS) is 19.4. The maximum absolute atomic E-state index is 9.93. The van der Waals surface area contributed by atoms with E-state index < -0.39 is 0 Å². The van der Waals surface area contributed by atoms with E-state index in [1.807, 2.05) is 30.3 Å². The maximum Gasteiger partial charge on any atom is 0.0914 e. The molecule has 1 saturated carbocycles. The summed E-state index contributed by atoms with van der Waals surface area (Å²) in [4.78, 5) is 0. The Balaban J connectivity index is 1.69. The molecule has 0 bridgehead atoms. The first-order valence-corrected chi connectivity index (χ1v) is 6.21. The molecule has 2 atom stereocenters. The fourth-order valence-electron chi connectivity index (χ4n) is 2.07. The number of rotatable bonds is 6. The Morgan fingerprint density at radius 2 is 1.94 bits per heavy atom. The van der Waals surface area contributed by atoms with Crippen LogP contribution >= 0.6 is 0 Å². The molecule has 2 N–H and O–H groups in total. The average molecular weight is 219 g/mol. The van der Waals surface area contributed by atoms with Crippen molar-refractivity contribution >= 4 is 0 Å². The minimum atomic E-state index is -0.382. The standard InChI is InChI=1S/C14H21NO/c1-11(12-7-8-12)9-15-10-14(16)13-5-3-2-4-6-13/h2-6,11-12,14-16H,7-10H2,1H3. The number of hydrogen-bond donors (Lipinski definition) is 2. The highest BCUT2D eigenvalue weighted by Gasteiger charge is 2.27. The van der Waals surface area contributed by atoms with Gasteiger partial charge in [-0.15, -0.1) is 0 Å². The van der Waals surface area contributed by atoms with Gasteiger partial charge in [0.2, 0.25) is 0 Å². The lowest BCUT2D eigenvalue weighted by molar-refractivity contribution is 0.172. The van der Waals surface area contributed by atoms with E-state index in [-0.39, 0.29) is 6.10 Å². The zero-order chi connectivity index (χ0) is 11.4. The molecule has 0 heterocycles. The largest absolute Gasteiger partial charge is 0.387 e. The molecule has 0 aromatic heterocycles. The second-order valence-corrected chi connectivity index (χ2v) is 4.90. The van der Waals surface area contributed by atoms with Crippen LogP contribution in [0.5, 0.6) is 0 Å². The second-order valence-electron chi connectivity index (χ2n) is 4.90. The summed E-state index contributed by atoms with van der Waals surface area (Å²) < 4.78 is 0. The van der Waals surface area contributed by atoms with Gasteiger partial charge in [-0.05, 0) is 36.8 Å². The van der Waals surface area contributed by atoms with Crippen molar-refractivity contribution in [2.45, 2.75) is 25.9 Å². The van der Waals surface area contributed by atoms with E-state index in [0.29, 0.717) is 6.54 Å². The molecule has 1 aromatic rings. The molecule has 1 aliphatic rings. The number of nitrogens with one attached hydrogen (secondary N) is 1. The van der Waals surface area contributed by atoms with Crippen LogP contribution in [0.3, 0.4) is 0 Å². The van der Waals surface area contributed by atoms with E-state index in [1.54, 1.807) is 0 Å². The highest BCUT2D eigenvalue weighted by atomic mass is 16.3. The van der Waals surface area contributed by atoms with E-state index in [4.69, 9.17) is 0 Å². The fourth-order valence-corrected chi connectivity index (χ4v) is 2.07. The number of aliphatic hydroxyl groups is 1. The first-order chi connectivity index (χ1) is 7.77. The molecule has 2 rings (SSSR count). The Morgan fingerprint density at radius 1 is 1.25 bits per heavy atom. The topological polar surface area (TPSA) is 32.3 Å². The number of aliphatic hydroxyl groups excluding tert-OH is 1. The smallest absolute Gasteiger partial charge is 0.0914 e. The molecule has 2 heteroatoms. The van der Waals surface area contributed by atoms with Crippen LogP contribution in [0.1, 0.15) is 31.4 Å². The van der Waals surface area contributed by atoms with Crippen LogP contribution in [0.15, 0.2) is 30.3 Å². The SMILES string of the molecule is CC(CNCC(O)c1ccccc1)C1CC1. The Bertz CT molecular complexity index is 308. The lowest BCUT2D eigenvalue weighted by Gasteiger charge is -2.15. The maximum atomic E-state index is 9.93. The Kier molecular flexibility index (Phi) is 3.97. The van der Waals surface area contributed by atoms with Crippen molar-refractivity contribution in [3.63, 3.8) is 0 Å². The van der Waals surface area contributed by atoms with Gasteiger partial charge in [-0.2, -0.15) is 0 Å². The quantitative estimate of drug-likeness (QED) is 0.770. The molecule has 0 spiro atoms. The average Bonchev–Trinajstić information content (AvgIpc) is 3.14. The molecule has 1 aliphatic carbocycles. The minimum absolute atomic E-state index is 0.382. The van der Waals surface area contributed by atoms with Crippen molar-refractivity contribution in [3.8, 4) is 0 Å². The number of hydrogen-bond acceptors (Lipinski definition) is 2. The van der Waals surface area contributed by atoms with Gasteiger partial charge in [-0.1, -0.05) is 37.3 Å². The predicted octanol–water partition coefficient (Wildman–Crippen LogP) is 2.36. The van der Waals surface area contributed by atoms with E-state index in [9.17, 15) is 5.11 Å². The van der Waals surface area contributed by atoms with Crippen LogP contribution in [0, 0.1) is 11.8 Å². The fraction of sp³-hybridized carbons (Fsp3) is 0.571. The molecule has 2 unspecified atom stereocenters. The molecule has 16 heavy (non-hydrogen) atoms. The Labute approximate surface area is 97.7 Å². The summed E-state index contributed by atoms with van der Waals surface area (Å²) in [5.41, 5.74) is 0.995.